The number of aromatic carboxylic acids is 1. The topological polar surface area (TPSA) is 80.9 Å². The molecule has 20 heavy (non-hydrogen) atoms. The summed E-state index contributed by atoms with van der Waals surface area (Å²) in [4.78, 5) is 19.2. The smallest absolute Gasteiger partial charge is 0.374 e. The standard InChI is InChI=1S/C13H9ClN4O2/c1-7-9(14)6-18(17-7)12-8-4-2-3-5-10(8)15-11(16-12)13(19)20/h2-6H,1H3,(H,19,20). The highest BCUT2D eigenvalue weighted by molar-refractivity contribution is 6.31. The number of para-hydroxylation sites is 1. The molecule has 0 aliphatic heterocycles. The lowest BCUT2D eigenvalue weighted by molar-refractivity contribution is 0.0684. The molecule has 2 heterocycles. The third-order valence-corrected chi connectivity index (χ3v) is 3.20. The molecule has 0 saturated carbocycles. The van der Waals surface area contributed by atoms with E-state index in [4.69, 9.17) is 16.7 Å². The van der Waals surface area contributed by atoms with Gasteiger partial charge in [-0.25, -0.2) is 19.4 Å². The minimum Gasteiger partial charge on any atom is -0.475 e. The highest BCUT2D eigenvalue weighted by atomic mass is 35.5. The van der Waals surface area contributed by atoms with Crippen LogP contribution in [0.25, 0.3) is 16.7 Å². The van der Waals surface area contributed by atoms with E-state index >= 15 is 0 Å². The number of carboxylic acid groups (broad SMARTS) is 1. The van der Waals surface area contributed by atoms with Crippen molar-refractivity contribution in [2.45, 2.75) is 6.92 Å². The lowest BCUT2D eigenvalue weighted by Crippen LogP contribution is -2.09. The number of carboxylic acids is 1. The van der Waals surface area contributed by atoms with E-state index in [0.29, 0.717) is 27.4 Å². The zero-order valence-electron chi connectivity index (χ0n) is 10.4. The summed E-state index contributed by atoms with van der Waals surface area (Å²) in [5.74, 6) is -1.07. The Labute approximate surface area is 118 Å². The normalized spacial score (nSPS) is 10.9. The molecule has 0 radical (unpaired) electrons. The van der Waals surface area contributed by atoms with Gasteiger partial charge in [0.25, 0.3) is 0 Å². The fourth-order valence-electron chi connectivity index (χ4n) is 1.88. The van der Waals surface area contributed by atoms with E-state index in [1.165, 1.54) is 4.68 Å². The van der Waals surface area contributed by atoms with Crippen molar-refractivity contribution in [2.75, 3.05) is 0 Å². The number of aryl methyl sites for hydroxylation is 1. The predicted molar refractivity (Wildman–Crippen MR) is 73.4 cm³/mol. The van der Waals surface area contributed by atoms with E-state index in [1.807, 2.05) is 6.07 Å². The maximum Gasteiger partial charge on any atom is 0.374 e. The van der Waals surface area contributed by atoms with E-state index in [9.17, 15) is 4.79 Å². The fraction of sp³-hybridized carbons (Fsp3) is 0.0769. The highest BCUT2D eigenvalue weighted by Crippen LogP contribution is 2.21. The van der Waals surface area contributed by atoms with Crippen LogP contribution in [-0.2, 0) is 0 Å². The lowest BCUT2D eigenvalue weighted by Gasteiger charge is -2.06. The van der Waals surface area contributed by atoms with Gasteiger partial charge in [0.15, 0.2) is 5.82 Å². The summed E-state index contributed by atoms with van der Waals surface area (Å²) >= 11 is 5.99. The van der Waals surface area contributed by atoms with Crippen LogP contribution in [0.5, 0.6) is 0 Å². The van der Waals surface area contributed by atoms with Crippen molar-refractivity contribution >= 4 is 28.5 Å². The van der Waals surface area contributed by atoms with Crippen LogP contribution >= 0.6 is 11.6 Å². The molecule has 0 bridgehead atoms. The van der Waals surface area contributed by atoms with Crippen molar-refractivity contribution in [1.82, 2.24) is 19.7 Å². The summed E-state index contributed by atoms with van der Waals surface area (Å²) in [6.07, 6.45) is 1.59. The van der Waals surface area contributed by atoms with Gasteiger partial charge < -0.3 is 5.11 Å². The average molecular weight is 289 g/mol. The number of hydrogen-bond acceptors (Lipinski definition) is 4. The highest BCUT2D eigenvalue weighted by Gasteiger charge is 2.15. The van der Waals surface area contributed by atoms with Crippen molar-refractivity contribution in [2.24, 2.45) is 0 Å². The molecule has 0 saturated heterocycles. The molecular formula is C13H9ClN4O2. The number of benzene rings is 1. The number of aromatic nitrogens is 4. The van der Waals surface area contributed by atoms with Crippen molar-refractivity contribution in [1.29, 1.82) is 0 Å². The van der Waals surface area contributed by atoms with Crippen LogP contribution in [0.3, 0.4) is 0 Å². The average Bonchev–Trinajstić information content (AvgIpc) is 2.77. The Balaban J connectivity index is 2.35. The van der Waals surface area contributed by atoms with Gasteiger partial charge in [-0.1, -0.05) is 23.7 Å². The first-order valence-electron chi connectivity index (χ1n) is 5.78. The summed E-state index contributed by atoms with van der Waals surface area (Å²) in [6, 6.07) is 7.14. The molecule has 0 unspecified atom stereocenters. The molecule has 2 aromatic heterocycles. The number of nitrogens with zero attached hydrogens (tertiary/aromatic N) is 4. The van der Waals surface area contributed by atoms with E-state index in [0.717, 1.165) is 0 Å². The van der Waals surface area contributed by atoms with Gasteiger partial charge in [0, 0.05) is 5.39 Å². The van der Waals surface area contributed by atoms with Crippen molar-refractivity contribution < 1.29 is 9.90 Å². The first-order chi connectivity index (χ1) is 9.56. The minimum atomic E-state index is -1.19. The maximum atomic E-state index is 11.1. The molecular weight excluding hydrogens is 280 g/mol. The monoisotopic (exact) mass is 288 g/mol. The van der Waals surface area contributed by atoms with Gasteiger partial charge in [0.05, 0.1) is 22.4 Å². The van der Waals surface area contributed by atoms with Gasteiger partial charge >= 0.3 is 5.97 Å². The van der Waals surface area contributed by atoms with Gasteiger partial charge in [-0.05, 0) is 19.1 Å². The fourth-order valence-corrected chi connectivity index (χ4v) is 2.01. The van der Waals surface area contributed by atoms with Crippen LogP contribution < -0.4 is 0 Å². The first kappa shape index (κ1) is 12.6. The molecule has 1 aromatic carbocycles. The molecule has 0 fully saturated rings. The van der Waals surface area contributed by atoms with Gasteiger partial charge in [-0.2, -0.15) is 5.10 Å². The van der Waals surface area contributed by atoms with Crippen LogP contribution in [-0.4, -0.2) is 30.8 Å². The molecule has 0 spiro atoms. The van der Waals surface area contributed by atoms with Gasteiger partial charge in [-0.3, -0.25) is 0 Å². The summed E-state index contributed by atoms with van der Waals surface area (Å²) in [7, 11) is 0. The van der Waals surface area contributed by atoms with Gasteiger partial charge in [-0.15, -0.1) is 0 Å². The van der Waals surface area contributed by atoms with Gasteiger partial charge in [0.1, 0.15) is 0 Å². The molecule has 3 aromatic rings. The Morgan fingerprint density at radius 3 is 2.70 bits per heavy atom. The Morgan fingerprint density at radius 2 is 2.05 bits per heavy atom. The number of carbonyl (C=O) groups is 1. The van der Waals surface area contributed by atoms with E-state index < -0.39 is 5.97 Å². The minimum absolute atomic E-state index is 0.275. The maximum absolute atomic E-state index is 11.1. The molecule has 100 valence electrons. The Morgan fingerprint density at radius 1 is 1.30 bits per heavy atom. The first-order valence-corrected chi connectivity index (χ1v) is 6.16. The Bertz CT molecular complexity index is 809. The zero-order valence-corrected chi connectivity index (χ0v) is 11.2. The zero-order chi connectivity index (χ0) is 14.3. The Kier molecular flexibility index (Phi) is 2.87. The number of halogens is 1. The molecule has 7 heteroatoms. The van der Waals surface area contributed by atoms with Crippen LogP contribution in [0.15, 0.2) is 30.5 Å². The summed E-state index contributed by atoms with van der Waals surface area (Å²) < 4.78 is 1.47. The summed E-state index contributed by atoms with van der Waals surface area (Å²) in [5.41, 5.74) is 1.19. The molecule has 0 amide bonds. The van der Waals surface area contributed by atoms with Gasteiger partial charge in [0.2, 0.25) is 5.82 Å². The molecule has 6 nitrogen and oxygen atoms in total. The summed E-state index contributed by atoms with van der Waals surface area (Å²) in [5, 5.41) is 14.5. The van der Waals surface area contributed by atoms with Crippen LogP contribution in [0, 0.1) is 6.92 Å². The van der Waals surface area contributed by atoms with Crippen molar-refractivity contribution in [3.8, 4) is 5.82 Å². The Hall–Kier alpha value is -2.47. The molecule has 0 atom stereocenters. The van der Waals surface area contributed by atoms with Crippen LogP contribution in [0.2, 0.25) is 5.02 Å². The van der Waals surface area contributed by atoms with Crippen molar-refractivity contribution in [3.05, 3.63) is 47.0 Å². The van der Waals surface area contributed by atoms with E-state index in [1.54, 1.807) is 31.3 Å². The second kappa shape index (κ2) is 4.57. The van der Waals surface area contributed by atoms with E-state index in [2.05, 4.69) is 15.1 Å². The lowest BCUT2D eigenvalue weighted by atomic mass is 10.2. The molecule has 0 aliphatic carbocycles. The second-order valence-electron chi connectivity index (χ2n) is 4.20. The largest absolute Gasteiger partial charge is 0.475 e. The SMILES string of the molecule is Cc1nn(-c2nc(C(=O)O)nc3ccccc23)cc1Cl. The third kappa shape index (κ3) is 2.00. The molecule has 1 N–H and O–H groups in total. The molecule has 0 aliphatic rings. The second-order valence-corrected chi connectivity index (χ2v) is 4.61. The third-order valence-electron chi connectivity index (χ3n) is 2.83. The number of hydrogen-bond donors (Lipinski definition) is 1. The van der Waals surface area contributed by atoms with E-state index in [-0.39, 0.29) is 5.82 Å². The van der Waals surface area contributed by atoms with Crippen LogP contribution in [0.4, 0.5) is 0 Å². The van der Waals surface area contributed by atoms with Crippen LogP contribution in [0.1, 0.15) is 16.3 Å². The van der Waals surface area contributed by atoms with Crippen molar-refractivity contribution in [3.63, 3.8) is 0 Å². The predicted octanol–water partition coefficient (Wildman–Crippen LogP) is 2.48. The number of rotatable bonds is 2. The molecule has 3 rings (SSSR count). The quantitative estimate of drug-likeness (QED) is 0.783. The summed E-state index contributed by atoms with van der Waals surface area (Å²) in [6.45, 7) is 1.76. The number of fused-ring (bicyclic) bond motifs is 1.